The Balaban J connectivity index is 1.86. The summed E-state index contributed by atoms with van der Waals surface area (Å²) in [5.41, 5.74) is 0.185. The maximum atomic E-state index is 12.3. The van der Waals surface area contributed by atoms with Crippen LogP contribution in [0.5, 0.6) is 0 Å². The van der Waals surface area contributed by atoms with Crippen molar-refractivity contribution in [2.75, 3.05) is 0 Å². The van der Waals surface area contributed by atoms with Crippen LogP contribution in [-0.2, 0) is 4.79 Å². The molecule has 0 aliphatic heterocycles. The van der Waals surface area contributed by atoms with Crippen molar-refractivity contribution in [3.05, 3.63) is 30.0 Å². The van der Waals surface area contributed by atoms with Crippen LogP contribution in [0.25, 0.3) is 10.9 Å². The fourth-order valence-corrected chi connectivity index (χ4v) is 2.74. The average Bonchev–Trinajstić information content (AvgIpc) is 3.06. The highest BCUT2D eigenvalue weighted by atomic mass is 16.4. The van der Waals surface area contributed by atoms with Gasteiger partial charge >= 0.3 is 5.97 Å². The van der Waals surface area contributed by atoms with Crippen LogP contribution >= 0.6 is 0 Å². The number of aromatic nitrogens is 2. The lowest BCUT2D eigenvalue weighted by Gasteiger charge is -2.25. The SMILES string of the molecule is O=C(NC1(C(=O)O)CCCC1)c1ccc2[nH]ncc2c1. The molecule has 1 aromatic heterocycles. The molecule has 1 aliphatic carbocycles. The molecule has 20 heavy (non-hydrogen) atoms. The number of aliphatic carboxylic acids is 1. The zero-order chi connectivity index (χ0) is 14.2. The van der Waals surface area contributed by atoms with E-state index in [0.29, 0.717) is 18.4 Å². The van der Waals surface area contributed by atoms with Crippen molar-refractivity contribution in [3.63, 3.8) is 0 Å². The van der Waals surface area contributed by atoms with Gasteiger partial charge in [0.1, 0.15) is 5.54 Å². The van der Waals surface area contributed by atoms with Gasteiger partial charge < -0.3 is 10.4 Å². The van der Waals surface area contributed by atoms with Crippen molar-refractivity contribution in [1.29, 1.82) is 0 Å². The first-order valence-electron chi connectivity index (χ1n) is 6.60. The van der Waals surface area contributed by atoms with E-state index in [-0.39, 0.29) is 5.91 Å². The second kappa shape index (κ2) is 4.63. The van der Waals surface area contributed by atoms with Crippen molar-refractivity contribution < 1.29 is 14.7 Å². The Morgan fingerprint density at radius 1 is 1.30 bits per heavy atom. The number of aromatic amines is 1. The molecule has 1 aliphatic rings. The van der Waals surface area contributed by atoms with E-state index in [2.05, 4.69) is 15.5 Å². The number of carboxylic acid groups (broad SMARTS) is 1. The van der Waals surface area contributed by atoms with Crippen molar-refractivity contribution >= 4 is 22.8 Å². The van der Waals surface area contributed by atoms with Gasteiger partial charge in [-0.25, -0.2) is 4.79 Å². The molecule has 0 atom stereocenters. The van der Waals surface area contributed by atoms with Crippen molar-refractivity contribution in [1.82, 2.24) is 15.5 Å². The van der Waals surface area contributed by atoms with Gasteiger partial charge in [0.15, 0.2) is 0 Å². The highest BCUT2D eigenvalue weighted by molar-refractivity contribution is 6.00. The summed E-state index contributed by atoms with van der Waals surface area (Å²) in [4.78, 5) is 23.7. The Hall–Kier alpha value is -2.37. The maximum absolute atomic E-state index is 12.3. The van der Waals surface area contributed by atoms with Crippen LogP contribution in [0.2, 0.25) is 0 Å². The molecule has 3 rings (SSSR count). The van der Waals surface area contributed by atoms with Gasteiger partial charge in [-0.05, 0) is 31.0 Å². The highest BCUT2D eigenvalue weighted by Crippen LogP contribution is 2.30. The number of amides is 1. The first-order valence-corrected chi connectivity index (χ1v) is 6.60. The third-order valence-corrected chi connectivity index (χ3v) is 3.92. The van der Waals surface area contributed by atoms with Crippen molar-refractivity contribution in [2.24, 2.45) is 0 Å². The molecule has 0 unspecified atom stereocenters. The molecule has 3 N–H and O–H groups in total. The number of carboxylic acids is 1. The van der Waals surface area contributed by atoms with Gasteiger partial charge in [-0.1, -0.05) is 12.8 Å². The molecule has 0 saturated heterocycles. The van der Waals surface area contributed by atoms with Gasteiger partial charge in [0, 0.05) is 10.9 Å². The van der Waals surface area contributed by atoms with Crippen LogP contribution in [0.15, 0.2) is 24.4 Å². The lowest BCUT2D eigenvalue weighted by Crippen LogP contribution is -2.52. The molecule has 0 radical (unpaired) electrons. The highest BCUT2D eigenvalue weighted by Gasteiger charge is 2.42. The van der Waals surface area contributed by atoms with Crippen LogP contribution in [0.4, 0.5) is 0 Å². The number of nitrogens with one attached hydrogen (secondary N) is 2. The third-order valence-electron chi connectivity index (χ3n) is 3.92. The smallest absolute Gasteiger partial charge is 0.329 e. The summed E-state index contributed by atoms with van der Waals surface area (Å²) >= 11 is 0. The van der Waals surface area contributed by atoms with Crippen molar-refractivity contribution in [3.8, 4) is 0 Å². The number of carbonyl (C=O) groups excluding carboxylic acids is 1. The molecule has 0 bridgehead atoms. The number of benzene rings is 1. The van der Waals surface area contributed by atoms with Gasteiger partial charge in [0.05, 0.1) is 11.7 Å². The summed E-state index contributed by atoms with van der Waals surface area (Å²) < 4.78 is 0. The first kappa shape index (κ1) is 12.7. The summed E-state index contributed by atoms with van der Waals surface area (Å²) in [7, 11) is 0. The van der Waals surface area contributed by atoms with E-state index in [1.165, 1.54) is 0 Å². The van der Waals surface area contributed by atoms with Crippen LogP contribution < -0.4 is 5.32 Å². The van der Waals surface area contributed by atoms with E-state index in [1.54, 1.807) is 24.4 Å². The fraction of sp³-hybridized carbons (Fsp3) is 0.357. The number of hydrogen-bond donors (Lipinski definition) is 3. The van der Waals surface area contributed by atoms with E-state index < -0.39 is 11.5 Å². The molecule has 2 aromatic rings. The van der Waals surface area contributed by atoms with E-state index in [1.807, 2.05) is 0 Å². The molecular weight excluding hydrogens is 258 g/mol. The zero-order valence-corrected chi connectivity index (χ0v) is 10.8. The largest absolute Gasteiger partial charge is 0.480 e. The molecule has 104 valence electrons. The second-order valence-electron chi connectivity index (χ2n) is 5.22. The van der Waals surface area contributed by atoms with Crippen molar-refractivity contribution in [2.45, 2.75) is 31.2 Å². The molecule has 6 heteroatoms. The summed E-state index contributed by atoms with van der Waals surface area (Å²) in [6.07, 6.45) is 4.26. The summed E-state index contributed by atoms with van der Waals surface area (Å²) in [5.74, 6) is -1.30. The number of fused-ring (bicyclic) bond motifs is 1. The van der Waals surface area contributed by atoms with Crippen LogP contribution in [0, 0.1) is 0 Å². The predicted octanol–water partition coefficient (Wildman–Crippen LogP) is 1.69. The number of hydrogen-bond acceptors (Lipinski definition) is 3. The van der Waals surface area contributed by atoms with Gasteiger partial charge in [0.2, 0.25) is 0 Å². The minimum Gasteiger partial charge on any atom is -0.480 e. The Morgan fingerprint density at radius 2 is 2.05 bits per heavy atom. The van der Waals surface area contributed by atoms with E-state index >= 15 is 0 Å². The number of carbonyl (C=O) groups is 2. The Labute approximate surface area is 115 Å². The topological polar surface area (TPSA) is 95.1 Å². The van der Waals surface area contributed by atoms with Gasteiger partial charge in [-0.2, -0.15) is 5.10 Å². The number of nitrogens with zero attached hydrogens (tertiary/aromatic N) is 1. The van der Waals surface area contributed by atoms with Gasteiger partial charge in [-0.3, -0.25) is 9.89 Å². The molecule has 1 aromatic carbocycles. The van der Waals surface area contributed by atoms with Crippen LogP contribution in [0.1, 0.15) is 36.0 Å². The van der Waals surface area contributed by atoms with Gasteiger partial charge in [-0.15, -0.1) is 0 Å². The Morgan fingerprint density at radius 3 is 2.75 bits per heavy atom. The Kier molecular flexibility index (Phi) is 2.93. The maximum Gasteiger partial charge on any atom is 0.329 e. The summed E-state index contributed by atoms with van der Waals surface area (Å²) in [5, 5.41) is 19.6. The quantitative estimate of drug-likeness (QED) is 0.793. The minimum atomic E-state index is -1.11. The van der Waals surface area contributed by atoms with Gasteiger partial charge in [0.25, 0.3) is 5.91 Å². The monoisotopic (exact) mass is 273 g/mol. The standard InChI is InChI=1S/C14H15N3O3/c18-12(16-14(13(19)20)5-1-2-6-14)9-3-4-11-10(7-9)8-15-17-11/h3-4,7-8H,1-2,5-6H2,(H,15,17)(H,16,18)(H,19,20). The van der Waals surface area contributed by atoms with Crippen LogP contribution in [-0.4, -0.2) is 32.7 Å². The van der Waals surface area contributed by atoms with E-state index in [0.717, 1.165) is 23.7 Å². The molecule has 1 heterocycles. The molecule has 1 amide bonds. The molecular formula is C14H15N3O3. The summed E-state index contributed by atoms with van der Waals surface area (Å²) in [6.45, 7) is 0. The number of H-pyrrole nitrogens is 1. The van der Waals surface area contributed by atoms with Crippen LogP contribution in [0.3, 0.4) is 0 Å². The predicted molar refractivity (Wildman–Crippen MR) is 72.4 cm³/mol. The zero-order valence-electron chi connectivity index (χ0n) is 10.8. The fourth-order valence-electron chi connectivity index (χ4n) is 2.74. The molecule has 1 saturated carbocycles. The lowest BCUT2D eigenvalue weighted by atomic mass is 9.97. The lowest BCUT2D eigenvalue weighted by molar-refractivity contribution is -0.144. The first-order chi connectivity index (χ1) is 9.61. The average molecular weight is 273 g/mol. The Bertz CT molecular complexity index is 671. The third kappa shape index (κ3) is 2.03. The van der Waals surface area contributed by atoms with E-state index in [9.17, 15) is 14.7 Å². The molecule has 1 fully saturated rings. The second-order valence-corrected chi connectivity index (χ2v) is 5.22. The normalized spacial score (nSPS) is 17.2. The summed E-state index contributed by atoms with van der Waals surface area (Å²) in [6, 6.07) is 5.14. The molecule has 0 spiro atoms. The molecule has 6 nitrogen and oxygen atoms in total. The number of rotatable bonds is 3. The minimum absolute atomic E-state index is 0.350. The van der Waals surface area contributed by atoms with E-state index in [4.69, 9.17) is 0 Å².